The van der Waals surface area contributed by atoms with Crippen molar-refractivity contribution >= 4 is 0 Å². The van der Waals surface area contributed by atoms with Crippen molar-refractivity contribution in [1.29, 1.82) is 0 Å². The molecular formula is C15H19N3. The molecule has 0 spiro atoms. The molecule has 0 atom stereocenters. The fourth-order valence-corrected chi connectivity index (χ4v) is 1.90. The van der Waals surface area contributed by atoms with Crippen molar-refractivity contribution < 1.29 is 0 Å². The zero-order valence-corrected chi connectivity index (χ0v) is 11.2. The Balaban J connectivity index is 2.44. The summed E-state index contributed by atoms with van der Waals surface area (Å²) in [6.45, 7) is 6.13. The number of aromatic amines is 1. The largest absolute Gasteiger partial charge is 0.340 e. The Morgan fingerprint density at radius 1 is 1.28 bits per heavy atom. The second kappa shape index (κ2) is 5.63. The number of nitrogens with zero attached hydrogens (tertiary/aromatic N) is 2. The summed E-state index contributed by atoms with van der Waals surface area (Å²) in [6, 6.07) is 6.06. The molecule has 3 heteroatoms. The first-order chi connectivity index (χ1) is 8.74. The van der Waals surface area contributed by atoms with Crippen LogP contribution >= 0.6 is 0 Å². The van der Waals surface area contributed by atoms with E-state index >= 15 is 0 Å². The van der Waals surface area contributed by atoms with Crippen molar-refractivity contribution in [2.75, 3.05) is 0 Å². The first-order valence-corrected chi connectivity index (χ1v) is 6.37. The molecule has 0 radical (unpaired) electrons. The molecule has 94 valence electrons. The van der Waals surface area contributed by atoms with Gasteiger partial charge >= 0.3 is 0 Å². The second-order valence-electron chi connectivity index (χ2n) is 4.30. The molecule has 0 unspecified atom stereocenters. The van der Waals surface area contributed by atoms with Gasteiger partial charge < -0.3 is 4.98 Å². The van der Waals surface area contributed by atoms with Crippen LogP contribution < -0.4 is 0 Å². The van der Waals surface area contributed by atoms with Gasteiger partial charge in [-0.05, 0) is 26.0 Å². The molecular weight excluding hydrogens is 222 g/mol. The van der Waals surface area contributed by atoms with Gasteiger partial charge in [0.2, 0.25) is 0 Å². The molecule has 1 N–H and O–H groups in total. The Labute approximate surface area is 108 Å². The van der Waals surface area contributed by atoms with Crippen LogP contribution in [0.2, 0.25) is 0 Å². The van der Waals surface area contributed by atoms with Crippen LogP contribution in [0.3, 0.4) is 0 Å². The highest BCUT2D eigenvalue weighted by molar-refractivity contribution is 5.58. The predicted octanol–water partition coefficient (Wildman–Crippen LogP) is 3.46. The number of H-pyrrole nitrogens is 1. The number of pyridine rings is 1. The first kappa shape index (κ1) is 12.6. The number of aromatic nitrogens is 3. The lowest BCUT2D eigenvalue weighted by Crippen LogP contribution is -1.91. The molecule has 18 heavy (non-hydrogen) atoms. The van der Waals surface area contributed by atoms with Gasteiger partial charge in [0.25, 0.3) is 0 Å². The molecule has 0 amide bonds. The quantitative estimate of drug-likeness (QED) is 0.833. The smallest absolute Gasteiger partial charge is 0.106 e. The SMILES string of the molecule is C/C=C/Cc1nc(CC)[nH]c1-c1cccc(C)n1. The molecule has 0 aromatic carbocycles. The number of allylic oxidation sites excluding steroid dienone is 2. The highest BCUT2D eigenvalue weighted by atomic mass is 14.9. The summed E-state index contributed by atoms with van der Waals surface area (Å²) < 4.78 is 0. The molecule has 0 aliphatic heterocycles. The highest BCUT2D eigenvalue weighted by Crippen LogP contribution is 2.21. The van der Waals surface area contributed by atoms with Crippen LogP contribution in [0.25, 0.3) is 11.4 Å². The lowest BCUT2D eigenvalue weighted by molar-refractivity contribution is 0.974. The van der Waals surface area contributed by atoms with Gasteiger partial charge in [0, 0.05) is 18.5 Å². The van der Waals surface area contributed by atoms with E-state index in [2.05, 4.69) is 28.0 Å². The van der Waals surface area contributed by atoms with Crippen LogP contribution in [-0.4, -0.2) is 15.0 Å². The molecule has 3 nitrogen and oxygen atoms in total. The standard InChI is InChI=1S/C15H19N3/c1-4-6-9-13-15(18-14(5-2)17-13)12-10-7-8-11(3)16-12/h4,6-8,10H,5,9H2,1-3H3,(H,17,18)/b6-4+. The van der Waals surface area contributed by atoms with E-state index in [1.807, 2.05) is 38.1 Å². The van der Waals surface area contributed by atoms with Gasteiger partial charge in [-0.1, -0.05) is 25.1 Å². The third-order valence-electron chi connectivity index (χ3n) is 2.85. The maximum absolute atomic E-state index is 4.63. The Bertz CT molecular complexity index is 553. The van der Waals surface area contributed by atoms with E-state index in [1.165, 1.54) is 0 Å². The summed E-state index contributed by atoms with van der Waals surface area (Å²) in [4.78, 5) is 12.6. The van der Waals surface area contributed by atoms with E-state index in [1.54, 1.807) is 0 Å². The van der Waals surface area contributed by atoms with Gasteiger partial charge in [0.15, 0.2) is 0 Å². The van der Waals surface area contributed by atoms with Crippen molar-refractivity contribution in [2.45, 2.75) is 33.6 Å². The molecule has 0 aliphatic rings. The van der Waals surface area contributed by atoms with Crippen LogP contribution in [0.1, 0.15) is 31.1 Å². The van der Waals surface area contributed by atoms with Crippen molar-refractivity contribution in [3.05, 3.63) is 47.6 Å². The summed E-state index contributed by atoms with van der Waals surface area (Å²) in [6.07, 6.45) is 5.93. The van der Waals surface area contributed by atoms with E-state index in [0.717, 1.165) is 41.4 Å². The first-order valence-electron chi connectivity index (χ1n) is 6.37. The molecule has 2 aromatic rings. The van der Waals surface area contributed by atoms with Gasteiger partial charge in [-0.25, -0.2) is 4.98 Å². The lowest BCUT2D eigenvalue weighted by Gasteiger charge is -2.01. The van der Waals surface area contributed by atoms with Crippen molar-refractivity contribution in [1.82, 2.24) is 15.0 Å². The van der Waals surface area contributed by atoms with Crippen molar-refractivity contribution in [2.24, 2.45) is 0 Å². The summed E-state index contributed by atoms with van der Waals surface area (Å²) >= 11 is 0. The average Bonchev–Trinajstić information content (AvgIpc) is 2.79. The average molecular weight is 241 g/mol. The molecule has 0 aliphatic carbocycles. The molecule has 0 saturated carbocycles. The van der Waals surface area contributed by atoms with Gasteiger partial charge in [-0.2, -0.15) is 0 Å². The van der Waals surface area contributed by atoms with Gasteiger partial charge in [-0.15, -0.1) is 0 Å². The summed E-state index contributed by atoms with van der Waals surface area (Å²) in [5.41, 5.74) is 4.12. The summed E-state index contributed by atoms with van der Waals surface area (Å²) in [5.74, 6) is 1.02. The number of imidazole rings is 1. The van der Waals surface area contributed by atoms with Crippen LogP contribution in [-0.2, 0) is 12.8 Å². The Morgan fingerprint density at radius 3 is 2.78 bits per heavy atom. The maximum atomic E-state index is 4.63. The third kappa shape index (κ3) is 2.67. The molecule has 0 fully saturated rings. The number of nitrogens with one attached hydrogen (secondary N) is 1. The molecule has 2 aromatic heterocycles. The zero-order chi connectivity index (χ0) is 13.0. The van der Waals surface area contributed by atoms with E-state index in [9.17, 15) is 0 Å². The van der Waals surface area contributed by atoms with Crippen molar-refractivity contribution in [3.8, 4) is 11.4 Å². The van der Waals surface area contributed by atoms with Gasteiger partial charge in [0.05, 0.1) is 17.1 Å². The molecule has 0 bridgehead atoms. The third-order valence-corrected chi connectivity index (χ3v) is 2.85. The van der Waals surface area contributed by atoms with E-state index in [4.69, 9.17) is 0 Å². The number of rotatable bonds is 4. The molecule has 2 heterocycles. The van der Waals surface area contributed by atoms with E-state index < -0.39 is 0 Å². The highest BCUT2D eigenvalue weighted by Gasteiger charge is 2.11. The minimum Gasteiger partial charge on any atom is -0.340 e. The van der Waals surface area contributed by atoms with Crippen LogP contribution in [0.5, 0.6) is 0 Å². The lowest BCUT2D eigenvalue weighted by atomic mass is 10.1. The number of aryl methyl sites for hydroxylation is 2. The van der Waals surface area contributed by atoms with Crippen molar-refractivity contribution in [3.63, 3.8) is 0 Å². The van der Waals surface area contributed by atoms with Crippen LogP contribution in [0, 0.1) is 6.92 Å². The monoisotopic (exact) mass is 241 g/mol. The zero-order valence-electron chi connectivity index (χ0n) is 11.2. The fraction of sp³-hybridized carbons (Fsp3) is 0.333. The summed E-state index contributed by atoms with van der Waals surface area (Å²) in [7, 11) is 0. The minimum absolute atomic E-state index is 0.845. The molecule has 2 rings (SSSR count). The minimum atomic E-state index is 0.845. The number of hydrogen-bond donors (Lipinski definition) is 1. The fourth-order valence-electron chi connectivity index (χ4n) is 1.90. The summed E-state index contributed by atoms with van der Waals surface area (Å²) in [5, 5.41) is 0. The van der Waals surface area contributed by atoms with E-state index in [-0.39, 0.29) is 0 Å². The Kier molecular flexibility index (Phi) is 3.92. The predicted molar refractivity (Wildman–Crippen MR) is 74.5 cm³/mol. The number of hydrogen-bond acceptors (Lipinski definition) is 2. The van der Waals surface area contributed by atoms with Gasteiger partial charge in [0.1, 0.15) is 5.82 Å². The normalized spacial score (nSPS) is 11.3. The Morgan fingerprint density at radius 2 is 2.11 bits per heavy atom. The van der Waals surface area contributed by atoms with Crippen LogP contribution in [0.15, 0.2) is 30.4 Å². The second-order valence-corrected chi connectivity index (χ2v) is 4.30. The maximum Gasteiger partial charge on any atom is 0.106 e. The van der Waals surface area contributed by atoms with E-state index in [0.29, 0.717) is 0 Å². The Hall–Kier alpha value is -1.90. The topological polar surface area (TPSA) is 41.6 Å². The van der Waals surface area contributed by atoms with Crippen LogP contribution in [0.4, 0.5) is 0 Å². The molecule has 0 saturated heterocycles. The van der Waals surface area contributed by atoms with Gasteiger partial charge in [-0.3, -0.25) is 4.98 Å².